The number of nitrogens with one attached hydrogen (secondary N) is 1. The number of aliphatic hydroxyl groups is 1. The molecule has 0 radical (unpaired) electrons. The fourth-order valence-corrected chi connectivity index (χ4v) is 2.84. The predicted octanol–water partition coefficient (Wildman–Crippen LogP) is 2.43. The standard InChI is InChI=1S/C17H15FN2O/c18-14-4-2-1-3-13(14)11-5-7-12(8-6-11)17-15(9-19)20-16(17)10-21/h1-8,15-17,20-21H,10H2/t15-,16-,17-/m1/s1. The molecule has 1 aliphatic rings. The lowest BCUT2D eigenvalue weighted by Gasteiger charge is -2.41. The first kappa shape index (κ1) is 13.7. The van der Waals surface area contributed by atoms with E-state index in [0.29, 0.717) is 5.56 Å². The number of nitriles is 1. The van der Waals surface area contributed by atoms with Gasteiger partial charge in [0.15, 0.2) is 0 Å². The van der Waals surface area contributed by atoms with Crippen LogP contribution in [0.15, 0.2) is 48.5 Å². The Hall–Kier alpha value is -2.22. The molecular weight excluding hydrogens is 267 g/mol. The molecule has 2 N–H and O–H groups in total. The van der Waals surface area contributed by atoms with Crippen LogP contribution >= 0.6 is 0 Å². The Kier molecular flexibility index (Phi) is 3.70. The number of rotatable bonds is 3. The van der Waals surface area contributed by atoms with E-state index < -0.39 is 0 Å². The van der Waals surface area contributed by atoms with E-state index in [1.54, 1.807) is 18.2 Å². The number of benzene rings is 2. The number of halogens is 1. The normalized spacial score (nSPS) is 24.1. The minimum Gasteiger partial charge on any atom is -0.395 e. The van der Waals surface area contributed by atoms with Crippen molar-refractivity contribution >= 4 is 0 Å². The molecule has 1 saturated heterocycles. The minimum absolute atomic E-state index is 0.00207. The van der Waals surface area contributed by atoms with Gasteiger partial charge in [-0.1, -0.05) is 42.5 Å². The molecule has 0 bridgehead atoms. The molecule has 106 valence electrons. The predicted molar refractivity (Wildman–Crippen MR) is 78.0 cm³/mol. The highest BCUT2D eigenvalue weighted by Crippen LogP contribution is 2.33. The highest BCUT2D eigenvalue weighted by Gasteiger charge is 2.41. The van der Waals surface area contributed by atoms with Crippen LogP contribution < -0.4 is 5.32 Å². The molecule has 0 unspecified atom stereocenters. The zero-order valence-electron chi connectivity index (χ0n) is 11.3. The average Bonchev–Trinajstić information content (AvgIpc) is 2.49. The van der Waals surface area contributed by atoms with E-state index in [9.17, 15) is 9.50 Å². The quantitative estimate of drug-likeness (QED) is 0.909. The van der Waals surface area contributed by atoms with E-state index >= 15 is 0 Å². The van der Waals surface area contributed by atoms with Crippen molar-refractivity contribution in [2.45, 2.75) is 18.0 Å². The Bertz CT molecular complexity index is 678. The van der Waals surface area contributed by atoms with Gasteiger partial charge in [0, 0.05) is 17.5 Å². The molecule has 2 aromatic rings. The summed E-state index contributed by atoms with van der Waals surface area (Å²) in [5.41, 5.74) is 2.35. The third-order valence-electron chi connectivity index (χ3n) is 4.00. The SMILES string of the molecule is N#C[C@H]1N[C@H](CO)[C@@H]1c1ccc(-c2ccccc2F)cc1. The third kappa shape index (κ3) is 2.42. The first-order chi connectivity index (χ1) is 10.2. The van der Waals surface area contributed by atoms with Gasteiger partial charge in [-0.2, -0.15) is 5.26 Å². The molecule has 21 heavy (non-hydrogen) atoms. The smallest absolute Gasteiger partial charge is 0.131 e. The molecule has 0 spiro atoms. The van der Waals surface area contributed by atoms with Crippen molar-refractivity contribution in [1.82, 2.24) is 5.32 Å². The topological polar surface area (TPSA) is 56.0 Å². The second-order valence-corrected chi connectivity index (χ2v) is 5.19. The van der Waals surface area contributed by atoms with Crippen molar-refractivity contribution in [2.75, 3.05) is 6.61 Å². The first-order valence-corrected chi connectivity index (χ1v) is 6.86. The summed E-state index contributed by atoms with van der Waals surface area (Å²) in [5.74, 6) is -0.270. The minimum atomic E-state index is -0.276. The van der Waals surface area contributed by atoms with Crippen molar-refractivity contribution in [2.24, 2.45) is 0 Å². The van der Waals surface area contributed by atoms with Gasteiger partial charge >= 0.3 is 0 Å². The van der Waals surface area contributed by atoms with Crippen molar-refractivity contribution in [3.8, 4) is 17.2 Å². The molecule has 3 nitrogen and oxygen atoms in total. The number of hydrogen-bond donors (Lipinski definition) is 2. The van der Waals surface area contributed by atoms with Crippen LogP contribution in [0.3, 0.4) is 0 Å². The molecule has 1 heterocycles. The fourth-order valence-electron chi connectivity index (χ4n) is 2.84. The maximum Gasteiger partial charge on any atom is 0.131 e. The summed E-state index contributed by atoms with van der Waals surface area (Å²) in [5, 5.41) is 21.3. The van der Waals surface area contributed by atoms with Crippen LogP contribution in [0, 0.1) is 17.1 Å². The zero-order chi connectivity index (χ0) is 14.8. The van der Waals surface area contributed by atoms with E-state index in [-0.39, 0.29) is 30.4 Å². The maximum absolute atomic E-state index is 13.8. The molecule has 3 rings (SSSR count). The van der Waals surface area contributed by atoms with Gasteiger partial charge in [-0.3, -0.25) is 5.32 Å². The zero-order valence-corrected chi connectivity index (χ0v) is 11.3. The van der Waals surface area contributed by atoms with E-state index in [1.807, 2.05) is 24.3 Å². The van der Waals surface area contributed by atoms with Gasteiger partial charge in [0.05, 0.1) is 12.7 Å². The Labute approximate surface area is 122 Å². The summed E-state index contributed by atoms with van der Waals surface area (Å²) < 4.78 is 13.8. The van der Waals surface area contributed by atoms with Crippen molar-refractivity contribution in [1.29, 1.82) is 5.26 Å². The largest absolute Gasteiger partial charge is 0.395 e. The molecule has 4 heteroatoms. The monoisotopic (exact) mass is 282 g/mol. The van der Waals surface area contributed by atoms with Crippen LogP contribution in [0.5, 0.6) is 0 Å². The maximum atomic E-state index is 13.8. The van der Waals surface area contributed by atoms with E-state index in [0.717, 1.165) is 11.1 Å². The fraction of sp³-hybridized carbons (Fsp3) is 0.235. The molecule has 1 fully saturated rings. The Morgan fingerprint density at radius 3 is 2.48 bits per heavy atom. The molecular formula is C17H15FN2O. The van der Waals surface area contributed by atoms with E-state index in [2.05, 4.69) is 11.4 Å². The molecule has 3 atom stereocenters. The van der Waals surface area contributed by atoms with Crippen molar-refractivity contribution < 1.29 is 9.50 Å². The van der Waals surface area contributed by atoms with Gasteiger partial charge in [-0.15, -0.1) is 0 Å². The molecule has 1 aliphatic heterocycles. The van der Waals surface area contributed by atoms with Gasteiger partial charge in [0.2, 0.25) is 0 Å². The summed E-state index contributed by atoms with van der Waals surface area (Å²) in [6.07, 6.45) is 0. The van der Waals surface area contributed by atoms with Crippen molar-refractivity contribution in [3.05, 3.63) is 59.9 Å². The Morgan fingerprint density at radius 2 is 1.86 bits per heavy atom. The Morgan fingerprint density at radius 1 is 1.14 bits per heavy atom. The Balaban J connectivity index is 1.88. The second kappa shape index (κ2) is 5.65. The van der Waals surface area contributed by atoms with Crippen LogP contribution in [-0.2, 0) is 0 Å². The van der Waals surface area contributed by atoms with Crippen LogP contribution in [0.4, 0.5) is 4.39 Å². The molecule has 0 amide bonds. The van der Waals surface area contributed by atoms with Crippen LogP contribution in [0.1, 0.15) is 11.5 Å². The highest BCUT2D eigenvalue weighted by molar-refractivity contribution is 5.64. The molecule has 0 aliphatic carbocycles. The van der Waals surface area contributed by atoms with Gasteiger partial charge in [0.25, 0.3) is 0 Å². The van der Waals surface area contributed by atoms with Crippen LogP contribution in [-0.4, -0.2) is 23.8 Å². The summed E-state index contributed by atoms with van der Waals surface area (Å²) in [7, 11) is 0. The lowest BCUT2D eigenvalue weighted by molar-refractivity contribution is 0.151. The molecule has 0 saturated carbocycles. The molecule has 0 aromatic heterocycles. The highest BCUT2D eigenvalue weighted by atomic mass is 19.1. The summed E-state index contributed by atoms with van der Waals surface area (Å²) in [6.45, 7) is -0.00207. The number of aliphatic hydroxyl groups excluding tert-OH is 1. The lowest BCUT2D eigenvalue weighted by atomic mass is 9.78. The lowest BCUT2D eigenvalue weighted by Crippen LogP contribution is -2.60. The number of nitrogens with zero attached hydrogens (tertiary/aromatic N) is 1. The first-order valence-electron chi connectivity index (χ1n) is 6.86. The molecule has 2 aromatic carbocycles. The van der Waals surface area contributed by atoms with E-state index in [4.69, 9.17) is 5.26 Å². The van der Waals surface area contributed by atoms with Gasteiger partial charge in [-0.25, -0.2) is 4.39 Å². The van der Waals surface area contributed by atoms with E-state index in [1.165, 1.54) is 6.07 Å². The third-order valence-corrected chi connectivity index (χ3v) is 4.00. The van der Waals surface area contributed by atoms with Crippen molar-refractivity contribution in [3.63, 3.8) is 0 Å². The van der Waals surface area contributed by atoms with Gasteiger partial charge in [0.1, 0.15) is 11.9 Å². The van der Waals surface area contributed by atoms with Crippen LogP contribution in [0.2, 0.25) is 0 Å². The summed E-state index contributed by atoms with van der Waals surface area (Å²) >= 11 is 0. The van der Waals surface area contributed by atoms with Crippen LogP contribution in [0.25, 0.3) is 11.1 Å². The van der Waals surface area contributed by atoms with Gasteiger partial charge < -0.3 is 5.11 Å². The summed E-state index contributed by atoms with van der Waals surface area (Å²) in [4.78, 5) is 0. The number of hydrogen-bond acceptors (Lipinski definition) is 3. The summed E-state index contributed by atoms with van der Waals surface area (Å²) in [6, 6.07) is 16.0. The second-order valence-electron chi connectivity index (χ2n) is 5.19. The average molecular weight is 282 g/mol. The van der Waals surface area contributed by atoms with Gasteiger partial charge in [-0.05, 0) is 17.2 Å².